The van der Waals surface area contributed by atoms with Crippen LogP contribution in [-0.4, -0.2) is 56.0 Å². The minimum absolute atomic E-state index is 0. The Labute approximate surface area is 161 Å². The molecule has 1 fully saturated rings. The molecule has 4 nitrogen and oxygen atoms in total. The summed E-state index contributed by atoms with van der Waals surface area (Å²) >= 11 is 6.03. The molecule has 0 aliphatic carbocycles. The highest BCUT2D eigenvalue weighted by Gasteiger charge is 2.22. The van der Waals surface area contributed by atoms with Crippen molar-refractivity contribution < 1.29 is 9.18 Å². The van der Waals surface area contributed by atoms with Crippen LogP contribution in [0.4, 0.5) is 4.39 Å². The van der Waals surface area contributed by atoms with Crippen molar-refractivity contribution in [3.05, 3.63) is 34.6 Å². The molecule has 0 unspecified atom stereocenters. The van der Waals surface area contributed by atoms with Crippen LogP contribution in [0.15, 0.2) is 18.2 Å². The second-order valence-corrected chi connectivity index (χ2v) is 6.97. The van der Waals surface area contributed by atoms with Gasteiger partial charge < -0.3 is 10.2 Å². The normalized spacial score (nSPS) is 15.7. The van der Waals surface area contributed by atoms with Crippen molar-refractivity contribution in [1.29, 1.82) is 0 Å². The number of hydrogen-bond donors (Lipinski definition) is 1. The summed E-state index contributed by atoms with van der Waals surface area (Å²) in [6, 6.07) is 4.59. The first kappa shape index (κ1) is 22.2. The zero-order chi connectivity index (χ0) is 17.5. The van der Waals surface area contributed by atoms with Gasteiger partial charge in [0.05, 0.1) is 6.54 Å². The van der Waals surface area contributed by atoms with E-state index in [4.69, 9.17) is 11.6 Å². The van der Waals surface area contributed by atoms with E-state index in [2.05, 4.69) is 10.2 Å². The molecule has 1 amide bonds. The summed E-state index contributed by atoms with van der Waals surface area (Å²) in [5.41, 5.74) is 0.376. The summed E-state index contributed by atoms with van der Waals surface area (Å²) < 4.78 is 13.8. The fraction of sp³-hybridized carbons (Fsp3) is 0.611. The van der Waals surface area contributed by atoms with E-state index in [1.807, 2.05) is 7.05 Å². The van der Waals surface area contributed by atoms with Crippen molar-refractivity contribution in [2.75, 3.05) is 40.3 Å². The summed E-state index contributed by atoms with van der Waals surface area (Å²) in [4.78, 5) is 16.1. The van der Waals surface area contributed by atoms with Gasteiger partial charge in [-0.15, -0.1) is 12.4 Å². The molecule has 1 aliphatic rings. The van der Waals surface area contributed by atoms with E-state index in [-0.39, 0.29) is 30.7 Å². The van der Waals surface area contributed by atoms with Crippen LogP contribution in [0.1, 0.15) is 24.8 Å². The van der Waals surface area contributed by atoms with Gasteiger partial charge in [0.1, 0.15) is 5.82 Å². The van der Waals surface area contributed by atoms with Gasteiger partial charge in [0, 0.05) is 24.2 Å². The first-order valence-electron chi connectivity index (χ1n) is 8.55. The average Bonchev–Trinajstić information content (AvgIpc) is 2.57. The lowest BCUT2D eigenvalue weighted by Gasteiger charge is -2.32. The maximum absolute atomic E-state index is 13.8. The van der Waals surface area contributed by atoms with Crippen LogP contribution in [0.3, 0.4) is 0 Å². The fourth-order valence-electron chi connectivity index (χ4n) is 3.10. The van der Waals surface area contributed by atoms with Crippen molar-refractivity contribution >= 4 is 29.9 Å². The second kappa shape index (κ2) is 11.0. The minimum Gasteiger partial charge on any atom is -0.340 e. The second-order valence-electron chi connectivity index (χ2n) is 6.56. The van der Waals surface area contributed by atoms with E-state index in [0.29, 0.717) is 17.1 Å². The number of carbonyl (C=O) groups excluding carboxylic acids is 1. The van der Waals surface area contributed by atoms with E-state index in [0.717, 1.165) is 38.4 Å². The molecule has 0 saturated carbocycles. The summed E-state index contributed by atoms with van der Waals surface area (Å²) in [5.74, 6) is 0.384. The van der Waals surface area contributed by atoms with Gasteiger partial charge in [-0.3, -0.25) is 9.69 Å². The Morgan fingerprint density at radius 2 is 2.08 bits per heavy atom. The van der Waals surface area contributed by atoms with Crippen molar-refractivity contribution in [1.82, 2.24) is 15.1 Å². The van der Waals surface area contributed by atoms with Gasteiger partial charge in [-0.1, -0.05) is 17.7 Å². The zero-order valence-electron chi connectivity index (χ0n) is 14.9. The molecule has 7 heteroatoms. The number of rotatable bonds is 7. The smallest absolute Gasteiger partial charge is 0.236 e. The molecule has 1 aromatic carbocycles. The molecule has 2 rings (SSSR count). The van der Waals surface area contributed by atoms with Gasteiger partial charge in [0.2, 0.25) is 5.91 Å². The standard InChI is InChI=1S/C18H27ClFN3O.ClH/c1-21-9-6-14-7-10-23(11-8-14)13-18(24)22(2)12-15-16(19)4-3-5-17(15)20;/h3-5,14,21H,6-13H2,1-2H3;1H. The van der Waals surface area contributed by atoms with E-state index < -0.39 is 0 Å². The number of amides is 1. The van der Waals surface area contributed by atoms with E-state index in [9.17, 15) is 9.18 Å². The first-order chi connectivity index (χ1) is 11.5. The summed E-state index contributed by atoms with van der Waals surface area (Å²) in [5, 5.41) is 3.55. The van der Waals surface area contributed by atoms with Crippen LogP contribution in [-0.2, 0) is 11.3 Å². The number of carbonyl (C=O) groups is 1. The lowest BCUT2D eigenvalue weighted by molar-refractivity contribution is -0.132. The molecule has 0 bridgehead atoms. The molecule has 1 aliphatic heterocycles. The van der Waals surface area contributed by atoms with Crippen LogP contribution >= 0.6 is 24.0 Å². The Bertz CT molecular complexity index is 531. The molecule has 1 N–H and O–H groups in total. The minimum atomic E-state index is -0.368. The monoisotopic (exact) mass is 391 g/mol. The maximum Gasteiger partial charge on any atom is 0.236 e. The van der Waals surface area contributed by atoms with Gasteiger partial charge in [0.15, 0.2) is 0 Å². The Hall–Kier alpha value is -0.880. The number of likely N-dealkylation sites (tertiary alicyclic amines) is 1. The van der Waals surface area contributed by atoms with Gasteiger partial charge in [-0.25, -0.2) is 4.39 Å². The van der Waals surface area contributed by atoms with Crippen molar-refractivity contribution in [3.8, 4) is 0 Å². The third-order valence-corrected chi connectivity index (χ3v) is 5.11. The maximum atomic E-state index is 13.8. The van der Waals surface area contributed by atoms with Gasteiger partial charge in [-0.2, -0.15) is 0 Å². The largest absolute Gasteiger partial charge is 0.340 e. The fourth-order valence-corrected chi connectivity index (χ4v) is 3.33. The number of benzene rings is 1. The highest BCUT2D eigenvalue weighted by Crippen LogP contribution is 2.22. The predicted octanol–water partition coefficient (Wildman–Crippen LogP) is 3.18. The molecule has 1 heterocycles. The zero-order valence-corrected chi connectivity index (χ0v) is 16.5. The Morgan fingerprint density at radius 3 is 2.68 bits per heavy atom. The molecular formula is C18H28Cl2FN3O. The summed E-state index contributed by atoms with van der Waals surface area (Å²) in [6.07, 6.45) is 3.47. The summed E-state index contributed by atoms with van der Waals surface area (Å²) in [7, 11) is 3.68. The van der Waals surface area contributed by atoms with Gasteiger partial charge in [-0.05, 0) is 64.0 Å². The Morgan fingerprint density at radius 1 is 1.40 bits per heavy atom. The van der Waals surface area contributed by atoms with Crippen molar-refractivity contribution in [2.45, 2.75) is 25.8 Å². The lowest BCUT2D eigenvalue weighted by atomic mass is 9.93. The average molecular weight is 392 g/mol. The van der Waals surface area contributed by atoms with Crippen molar-refractivity contribution in [2.24, 2.45) is 5.92 Å². The number of nitrogens with zero attached hydrogens (tertiary/aromatic N) is 2. The van der Waals surface area contributed by atoms with Crippen LogP contribution in [0.5, 0.6) is 0 Å². The number of halogens is 3. The molecule has 1 aromatic rings. The number of likely N-dealkylation sites (N-methyl/N-ethyl adjacent to an activating group) is 1. The third-order valence-electron chi connectivity index (χ3n) is 4.75. The van der Waals surface area contributed by atoms with Crippen LogP contribution in [0.2, 0.25) is 5.02 Å². The Kier molecular flexibility index (Phi) is 9.72. The van der Waals surface area contributed by atoms with Gasteiger partial charge >= 0.3 is 0 Å². The molecular weight excluding hydrogens is 364 g/mol. The summed E-state index contributed by atoms with van der Waals surface area (Å²) in [6.45, 7) is 3.54. The SMILES string of the molecule is CNCCC1CCN(CC(=O)N(C)Cc2c(F)cccc2Cl)CC1.Cl. The van der Waals surface area contributed by atoms with E-state index in [1.54, 1.807) is 24.1 Å². The highest BCUT2D eigenvalue weighted by molar-refractivity contribution is 6.31. The van der Waals surface area contributed by atoms with Crippen molar-refractivity contribution in [3.63, 3.8) is 0 Å². The highest BCUT2D eigenvalue weighted by atomic mass is 35.5. The predicted molar refractivity (Wildman–Crippen MR) is 103 cm³/mol. The first-order valence-corrected chi connectivity index (χ1v) is 8.93. The van der Waals surface area contributed by atoms with E-state index >= 15 is 0 Å². The molecule has 142 valence electrons. The molecule has 0 spiro atoms. The van der Waals surface area contributed by atoms with Crippen LogP contribution in [0.25, 0.3) is 0 Å². The third kappa shape index (κ3) is 6.74. The van der Waals surface area contributed by atoms with Gasteiger partial charge in [0.25, 0.3) is 0 Å². The molecule has 0 atom stereocenters. The Balaban J connectivity index is 0.00000312. The molecule has 0 aromatic heterocycles. The number of nitrogens with one attached hydrogen (secondary N) is 1. The quantitative estimate of drug-likeness (QED) is 0.774. The molecule has 25 heavy (non-hydrogen) atoms. The van der Waals surface area contributed by atoms with Crippen LogP contribution < -0.4 is 5.32 Å². The van der Waals surface area contributed by atoms with Crippen LogP contribution in [0, 0.1) is 11.7 Å². The van der Waals surface area contributed by atoms with E-state index in [1.165, 1.54) is 12.5 Å². The number of hydrogen-bond acceptors (Lipinski definition) is 3. The number of piperidine rings is 1. The lowest BCUT2D eigenvalue weighted by Crippen LogP contribution is -2.42. The molecule has 0 radical (unpaired) electrons. The topological polar surface area (TPSA) is 35.6 Å². The molecule has 1 saturated heterocycles.